The first-order chi connectivity index (χ1) is 18.5. The third-order valence-electron chi connectivity index (χ3n) is 6.18. The summed E-state index contributed by atoms with van der Waals surface area (Å²) < 4.78 is 36.9. The van der Waals surface area contributed by atoms with E-state index in [1.165, 1.54) is 37.5 Å². The van der Waals surface area contributed by atoms with E-state index in [-0.39, 0.29) is 39.7 Å². The standard InChI is InChI=1S/C31H19FO6/c1-35-20-12-14-25-23(16-20)28(30(38-25)18-7-3-2-4-8-18)31(34)36-21-11-13-22-26(17-21)37-27(29(22)33)15-19-9-5-6-10-24(19)32/h2-17H,1H3. The lowest BCUT2D eigenvalue weighted by Crippen LogP contribution is -2.09. The molecule has 6 rings (SSSR count). The summed E-state index contributed by atoms with van der Waals surface area (Å²) in [5, 5.41) is 0.538. The van der Waals surface area contributed by atoms with Crippen molar-refractivity contribution in [2.75, 3.05) is 7.11 Å². The molecule has 2 heterocycles. The zero-order valence-corrected chi connectivity index (χ0v) is 20.1. The van der Waals surface area contributed by atoms with E-state index in [4.69, 9.17) is 18.6 Å². The minimum atomic E-state index is -0.651. The number of carbonyl (C=O) groups is 2. The fourth-order valence-corrected chi connectivity index (χ4v) is 4.32. The van der Waals surface area contributed by atoms with Crippen LogP contribution in [-0.2, 0) is 0 Å². The second-order valence-electron chi connectivity index (χ2n) is 8.54. The van der Waals surface area contributed by atoms with Crippen molar-refractivity contribution in [1.29, 1.82) is 0 Å². The molecule has 0 spiro atoms. The molecule has 0 radical (unpaired) electrons. The molecule has 38 heavy (non-hydrogen) atoms. The molecule has 5 aromatic rings. The van der Waals surface area contributed by atoms with Crippen LogP contribution in [0.1, 0.15) is 26.3 Å². The van der Waals surface area contributed by atoms with Gasteiger partial charge in [-0.05, 0) is 42.5 Å². The quantitative estimate of drug-likeness (QED) is 0.144. The Bertz CT molecular complexity index is 1750. The number of methoxy groups -OCH3 is 1. The highest BCUT2D eigenvalue weighted by atomic mass is 19.1. The van der Waals surface area contributed by atoms with Crippen LogP contribution in [0.15, 0.2) is 101 Å². The molecular weight excluding hydrogens is 487 g/mol. The van der Waals surface area contributed by atoms with E-state index in [2.05, 4.69) is 0 Å². The molecule has 186 valence electrons. The summed E-state index contributed by atoms with van der Waals surface area (Å²) in [5.74, 6) is -0.224. The van der Waals surface area contributed by atoms with Gasteiger partial charge in [-0.2, -0.15) is 0 Å². The maximum atomic E-state index is 14.1. The van der Waals surface area contributed by atoms with Gasteiger partial charge in [0.15, 0.2) is 5.76 Å². The first-order valence-corrected chi connectivity index (χ1v) is 11.7. The smallest absolute Gasteiger partial charge is 0.348 e. The van der Waals surface area contributed by atoms with E-state index in [9.17, 15) is 14.0 Å². The van der Waals surface area contributed by atoms with Crippen molar-refractivity contribution < 1.29 is 32.6 Å². The van der Waals surface area contributed by atoms with Crippen molar-refractivity contribution in [2.24, 2.45) is 0 Å². The number of rotatable bonds is 5. The zero-order chi connectivity index (χ0) is 26.2. The van der Waals surface area contributed by atoms with Gasteiger partial charge < -0.3 is 18.6 Å². The Kier molecular flexibility index (Phi) is 5.73. The lowest BCUT2D eigenvalue weighted by molar-refractivity contribution is 0.0736. The fourth-order valence-electron chi connectivity index (χ4n) is 4.32. The number of hydrogen-bond acceptors (Lipinski definition) is 6. The summed E-state index contributed by atoms with van der Waals surface area (Å²) in [6.45, 7) is 0. The number of hydrogen-bond donors (Lipinski definition) is 0. The summed E-state index contributed by atoms with van der Waals surface area (Å²) in [6.07, 6.45) is 1.35. The van der Waals surface area contributed by atoms with E-state index in [1.54, 1.807) is 36.4 Å². The van der Waals surface area contributed by atoms with E-state index in [0.717, 1.165) is 0 Å². The van der Waals surface area contributed by atoms with Crippen molar-refractivity contribution in [3.63, 3.8) is 0 Å². The summed E-state index contributed by atoms with van der Waals surface area (Å²) in [6, 6.07) is 25.0. The molecule has 0 fully saturated rings. The summed E-state index contributed by atoms with van der Waals surface area (Å²) >= 11 is 0. The van der Waals surface area contributed by atoms with Gasteiger partial charge in [-0.15, -0.1) is 0 Å². The minimum absolute atomic E-state index is 0.0205. The molecule has 0 unspecified atom stereocenters. The Morgan fingerprint density at radius 2 is 1.66 bits per heavy atom. The molecule has 0 amide bonds. The van der Waals surface area contributed by atoms with Gasteiger partial charge in [0.1, 0.15) is 40.0 Å². The molecule has 1 aliphatic rings. The van der Waals surface area contributed by atoms with Crippen LogP contribution < -0.4 is 14.2 Å². The van der Waals surface area contributed by atoms with Crippen molar-refractivity contribution >= 4 is 28.8 Å². The zero-order valence-electron chi connectivity index (χ0n) is 20.1. The number of halogens is 1. The van der Waals surface area contributed by atoms with Crippen LogP contribution in [0.25, 0.3) is 28.4 Å². The van der Waals surface area contributed by atoms with Gasteiger partial charge in [-0.1, -0.05) is 48.5 Å². The molecule has 0 N–H and O–H groups in total. The lowest BCUT2D eigenvalue weighted by Gasteiger charge is -2.07. The Morgan fingerprint density at radius 3 is 2.45 bits per heavy atom. The topological polar surface area (TPSA) is 75.0 Å². The van der Waals surface area contributed by atoms with Crippen molar-refractivity contribution in [2.45, 2.75) is 0 Å². The van der Waals surface area contributed by atoms with E-state index in [0.29, 0.717) is 28.0 Å². The Morgan fingerprint density at radius 1 is 0.895 bits per heavy atom. The average Bonchev–Trinajstić information content (AvgIpc) is 3.47. The number of Topliss-reactive ketones (excluding diaryl/α,β-unsaturated/α-hetero) is 1. The number of fused-ring (bicyclic) bond motifs is 2. The molecule has 0 saturated carbocycles. The van der Waals surface area contributed by atoms with Crippen LogP contribution in [0.3, 0.4) is 0 Å². The lowest BCUT2D eigenvalue weighted by atomic mass is 10.1. The van der Waals surface area contributed by atoms with Crippen LogP contribution in [0.2, 0.25) is 0 Å². The Hall–Kier alpha value is -5.17. The number of esters is 1. The van der Waals surface area contributed by atoms with Gasteiger partial charge in [0.25, 0.3) is 0 Å². The molecule has 7 heteroatoms. The first kappa shape index (κ1) is 23.2. The molecule has 1 aromatic heterocycles. The Balaban J connectivity index is 1.34. The number of furan rings is 1. The number of ketones is 1. The number of benzene rings is 4. The van der Waals surface area contributed by atoms with E-state index < -0.39 is 11.8 Å². The van der Waals surface area contributed by atoms with Crippen LogP contribution >= 0.6 is 0 Å². The van der Waals surface area contributed by atoms with Crippen LogP contribution in [0.4, 0.5) is 4.39 Å². The molecule has 0 atom stereocenters. The molecule has 4 aromatic carbocycles. The molecule has 0 aliphatic carbocycles. The number of ether oxygens (including phenoxy) is 3. The third kappa shape index (κ3) is 4.10. The molecular formula is C31H19FO6. The normalized spacial score (nSPS) is 13.4. The number of carbonyl (C=O) groups excluding carboxylic acids is 2. The third-order valence-corrected chi connectivity index (χ3v) is 6.18. The maximum Gasteiger partial charge on any atom is 0.348 e. The largest absolute Gasteiger partial charge is 0.497 e. The van der Waals surface area contributed by atoms with E-state index in [1.807, 2.05) is 30.3 Å². The van der Waals surface area contributed by atoms with Gasteiger partial charge >= 0.3 is 5.97 Å². The minimum Gasteiger partial charge on any atom is -0.497 e. The summed E-state index contributed by atoms with van der Waals surface area (Å²) in [5.41, 5.74) is 1.97. The van der Waals surface area contributed by atoms with Crippen LogP contribution in [0, 0.1) is 5.82 Å². The maximum absolute atomic E-state index is 14.1. The Labute approximate surface area is 216 Å². The average molecular weight is 506 g/mol. The second kappa shape index (κ2) is 9.37. The van der Waals surface area contributed by atoms with Gasteiger partial charge in [0, 0.05) is 22.6 Å². The monoisotopic (exact) mass is 506 g/mol. The summed E-state index contributed by atoms with van der Waals surface area (Å²) in [7, 11) is 1.54. The number of allylic oxidation sites excluding steroid dienone is 1. The van der Waals surface area contributed by atoms with Crippen LogP contribution in [0.5, 0.6) is 17.2 Å². The molecule has 1 aliphatic heterocycles. The van der Waals surface area contributed by atoms with Crippen molar-refractivity contribution in [1.82, 2.24) is 0 Å². The molecule has 0 saturated heterocycles. The predicted octanol–water partition coefficient (Wildman–Crippen LogP) is 7.08. The second-order valence-corrected chi connectivity index (χ2v) is 8.54. The van der Waals surface area contributed by atoms with Gasteiger partial charge in [-0.25, -0.2) is 9.18 Å². The fraction of sp³-hybridized carbons (Fsp3) is 0.0323. The first-order valence-electron chi connectivity index (χ1n) is 11.7. The highest BCUT2D eigenvalue weighted by Gasteiger charge is 2.29. The predicted molar refractivity (Wildman–Crippen MR) is 139 cm³/mol. The highest BCUT2D eigenvalue weighted by Crippen LogP contribution is 2.38. The van der Waals surface area contributed by atoms with Crippen molar-refractivity contribution in [3.8, 4) is 28.6 Å². The molecule has 0 bridgehead atoms. The van der Waals surface area contributed by atoms with Gasteiger partial charge in [-0.3, -0.25) is 4.79 Å². The van der Waals surface area contributed by atoms with Crippen molar-refractivity contribution in [3.05, 3.63) is 119 Å². The van der Waals surface area contributed by atoms with Gasteiger partial charge in [0.05, 0.1) is 12.7 Å². The van der Waals surface area contributed by atoms with Gasteiger partial charge in [0.2, 0.25) is 5.78 Å². The highest BCUT2D eigenvalue weighted by molar-refractivity contribution is 6.15. The SMILES string of the molecule is COc1ccc2oc(-c3ccccc3)c(C(=O)Oc3ccc4c(c3)OC(=Cc3ccccc3F)C4=O)c2c1. The molecule has 6 nitrogen and oxygen atoms in total. The van der Waals surface area contributed by atoms with E-state index >= 15 is 0 Å². The van der Waals surface area contributed by atoms with Crippen LogP contribution in [-0.4, -0.2) is 18.9 Å². The summed E-state index contributed by atoms with van der Waals surface area (Å²) in [4.78, 5) is 26.3.